The van der Waals surface area contributed by atoms with Crippen molar-refractivity contribution in [1.82, 2.24) is 19.8 Å². The van der Waals surface area contributed by atoms with Gasteiger partial charge in [-0.25, -0.2) is 4.98 Å². The molecule has 0 spiro atoms. The Labute approximate surface area is 129 Å². The van der Waals surface area contributed by atoms with Crippen LogP contribution in [-0.2, 0) is 18.4 Å². The number of imidazole rings is 1. The summed E-state index contributed by atoms with van der Waals surface area (Å²) >= 11 is 0. The van der Waals surface area contributed by atoms with E-state index >= 15 is 0 Å². The molecule has 1 aliphatic rings. The maximum atomic E-state index is 12.8. The second-order valence-electron chi connectivity index (χ2n) is 5.42. The minimum absolute atomic E-state index is 0.0148. The van der Waals surface area contributed by atoms with Crippen molar-refractivity contribution in [2.45, 2.75) is 12.6 Å². The van der Waals surface area contributed by atoms with Gasteiger partial charge < -0.3 is 14.2 Å². The first-order valence-electron chi connectivity index (χ1n) is 7.33. The predicted molar refractivity (Wildman–Crippen MR) is 82.4 cm³/mol. The molecule has 2 aromatic rings. The molecule has 6 nitrogen and oxygen atoms in total. The highest BCUT2D eigenvalue weighted by Gasteiger charge is 2.28. The number of ether oxygens (including phenoxy) is 1. The zero-order valence-corrected chi connectivity index (χ0v) is 12.8. The second kappa shape index (κ2) is 6.19. The van der Waals surface area contributed by atoms with Gasteiger partial charge in [-0.15, -0.1) is 0 Å². The Kier molecular flexibility index (Phi) is 4.11. The third kappa shape index (κ3) is 2.82. The molecule has 0 saturated carbocycles. The first kappa shape index (κ1) is 14.6. The van der Waals surface area contributed by atoms with E-state index < -0.39 is 0 Å². The number of aryl methyl sites for hydroxylation is 1. The van der Waals surface area contributed by atoms with Gasteiger partial charge in [-0.2, -0.15) is 0 Å². The number of carbonyl (C=O) groups excluding carboxylic acids is 1. The van der Waals surface area contributed by atoms with E-state index in [2.05, 4.69) is 10.3 Å². The molecule has 1 aromatic heterocycles. The van der Waals surface area contributed by atoms with Gasteiger partial charge in [0.25, 0.3) is 0 Å². The lowest BCUT2D eigenvalue weighted by molar-refractivity contribution is -0.132. The highest BCUT2D eigenvalue weighted by molar-refractivity contribution is 5.84. The SMILES string of the molecule is CN(Cc1nccn1C)C(=O)C1NCCOc2ccccc21. The highest BCUT2D eigenvalue weighted by atomic mass is 16.5. The summed E-state index contributed by atoms with van der Waals surface area (Å²) in [6, 6.07) is 7.30. The Morgan fingerprint density at radius 2 is 2.32 bits per heavy atom. The summed E-state index contributed by atoms with van der Waals surface area (Å²) in [5.41, 5.74) is 0.886. The van der Waals surface area contributed by atoms with Gasteiger partial charge in [-0.3, -0.25) is 10.1 Å². The van der Waals surface area contributed by atoms with E-state index in [1.807, 2.05) is 42.1 Å². The van der Waals surface area contributed by atoms with Crippen molar-refractivity contribution in [3.63, 3.8) is 0 Å². The molecular formula is C16H20N4O2. The van der Waals surface area contributed by atoms with Gasteiger partial charge in [-0.05, 0) is 6.07 Å². The summed E-state index contributed by atoms with van der Waals surface area (Å²) in [4.78, 5) is 18.8. The fourth-order valence-electron chi connectivity index (χ4n) is 2.60. The van der Waals surface area contributed by atoms with E-state index in [4.69, 9.17) is 4.74 Å². The van der Waals surface area contributed by atoms with E-state index in [9.17, 15) is 4.79 Å². The molecule has 0 fully saturated rings. The molecule has 1 N–H and O–H groups in total. The largest absolute Gasteiger partial charge is 0.492 e. The van der Waals surface area contributed by atoms with Crippen molar-refractivity contribution in [2.24, 2.45) is 7.05 Å². The van der Waals surface area contributed by atoms with E-state index in [-0.39, 0.29) is 11.9 Å². The van der Waals surface area contributed by atoms with Crippen LogP contribution in [0, 0.1) is 0 Å². The second-order valence-corrected chi connectivity index (χ2v) is 5.42. The molecule has 2 heterocycles. The van der Waals surface area contributed by atoms with Crippen LogP contribution in [0.25, 0.3) is 0 Å². The van der Waals surface area contributed by atoms with Gasteiger partial charge in [0.15, 0.2) is 0 Å². The third-order valence-electron chi connectivity index (χ3n) is 3.86. The number of hydrogen-bond donors (Lipinski definition) is 1. The van der Waals surface area contributed by atoms with E-state index in [0.717, 1.165) is 17.1 Å². The number of nitrogens with one attached hydrogen (secondary N) is 1. The predicted octanol–water partition coefficient (Wildman–Crippen LogP) is 1.10. The standard InChI is InChI=1S/C16H20N4O2/c1-19-9-7-17-14(19)11-20(2)16(21)15-12-5-3-4-6-13(12)22-10-8-18-15/h3-7,9,15,18H,8,10-11H2,1-2H3. The van der Waals surface area contributed by atoms with Gasteiger partial charge in [0.1, 0.15) is 24.2 Å². The molecule has 0 bridgehead atoms. The van der Waals surface area contributed by atoms with Crippen molar-refractivity contribution in [3.8, 4) is 5.75 Å². The summed E-state index contributed by atoms with van der Waals surface area (Å²) in [6.45, 7) is 1.68. The quantitative estimate of drug-likeness (QED) is 0.922. The van der Waals surface area contributed by atoms with Gasteiger partial charge in [-0.1, -0.05) is 18.2 Å². The number of carbonyl (C=O) groups is 1. The Bertz CT molecular complexity index is 668. The van der Waals surface area contributed by atoms with Crippen molar-refractivity contribution in [3.05, 3.63) is 48.0 Å². The molecule has 6 heteroatoms. The summed E-state index contributed by atoms with van der Waals surface area (Å²) in [5, 5.41) is 3.27. The van der Waals surface area contributed by atoms with Crippen LogP contribution >= 0.6 is 0 Å². The lowest BCUT2D eigenvalue weighted by Gasteiger charge is -2.24. The van der Waals surface area contributed by atoms with Crippen LogP contribution in [0.2, 0.25) is 0 Å². The van der Waals surface area contributed by atoms with Gasteiger partial charge in [0, 0.05) is 38.6 Å². The molecule has 1 aromatic carbocycles. The Balaban J connectivity index is 1.80. The molecule has 0 aliphatic carbocycles. The molecule has 1 unspecified atom stereocenters. The number of benzene rings is 1. The van der Waals surface area contributed by atoms with Crippen LogP contribution in [0.4, 0.5) is 0 Å². The van der Waals surface area contributed by atoms with Crippen LogP contribution in [-0.4, -0.2) is 40.6 Å². The molecule has 0 radical (unpaired) electrons. The highest BCUT2D eigenvalue weighted by Crippen LogP contribution is 2.28. The van der Waals surface area contributed by atoms with Crippen LogP contribution in [0.3, 0.4) is 0 Å². The van der Waals surface area contributed by atoms with Crippen molar-refractivity contribution in [2.75, 3.05) is 20.2 Å². The molecule has 3 rings (SSSR count). The maximum absolute atomic E-state index is 12.8. The number of nitrogens with zero attached hydrogens (tertiary/aromatic N) is 3. The Morgan fingerprint density at radius 3 is 3.09 bits per heavy atom. The maximum Gasteiger partial charge on any atom is 0.244 e. The number of amides is 1. The van der Waals surface area contributed by atoms with E-state index in [1.165, 1.54) is 0 Å². The zero-order chi connectivity index (χ0) is 15.5. The van der Waals surface area contributed by atoms with Crippen molar-refractivity contribution in [1.29, 1.82) is 0 Å². The molecule has 1 aliphatic heterocycles. The summed E-state index contributed by atoms with van der Waals surface area (Å²) in [7, 11) is 3.72. The summed E-state index contributed by atoms with van der Waals surface area (Å²) in [5.74, 6) is 1.64. The van der Waals surface area contributed by atoms with Crippen LogP contribution in [0.15, 0.2) is 36.7 Å². The van der Waals surface area contributed by atoms with Crippen molar-refractivity contribution >= 4 is 5.91 Å². The van der Waals surface area contributed by atoms with Gasteiger partial charge in [0.2, 0.25) is 5.91 Å². The van der Waals surface area contributed by atoms with Crippen LogP contribution < -0.4 is 10.1 Å². The van der Waals surface area contributed by atoms with Crippen molar-refractivity contribution < 1.29 is 9.53 Å². The van der Waals surface area contributed by atoms with Gasteiger partial charge >= 0.3 is 0 Å². The molecular weight excluding hydrogens is 280 g/mol. The first-order chi connectivity index (χ1) is 10.7. The van der Waals surface area contributed by atoms with Crippen LogP contribution in [0.5, 0.6) is 5.75 Å². The minimum Gasteiger partial charge on any atom is -0.492 e. The van der Waals surface area contributed by atoms with E-state index in [0.29, 0.717) is 19.7 Å². The van der Waals surface area contributed by atoms with Crippen LogP contribution in [0.1, 0.15) is 17.4 Å². The molecule has 1 amide bonds. The lowest BCUT2D eigenvalue weighted by atomic mass is 10.0. The zero-order valence-electron chi connectivity index (χ0n) is 12.8. The number of aromatic nitrogens is 2. The van der Waals surface area contributed by atoms with Gasteiger partial charge in [0.05, 0.1) is 6.54 Å². The topological polar surface area (TPSA) is 59.4 Å². The molecule has 22 heavy (non-hydrogen) atoms. The third-order valence-corrected chi connectivity index (χ3v) is 3.86. The lowest BCUT2D eigenvalue weighted by Crippen LogP contribution is -2.39. The Morgan fingerprint density at radius 1 is 1.50 bits per heavy atom. The Hall–Kier alpha value is -2.34. The number of hydrogen-bond acceptors (Lipinski definition) is 4. The molecule has 0 saturated heterocycles. The monoisotopic (exact) mass is 300 g/mol. The minimum atomic E-state index is -0.385. The number of rotatable bonds is 3. The molecule has 116 valence electrons. The number of likely N-dealkylation sites (N-methyl/N-ethyl adjacent to an activating group) is 1. The fraction of sp³-hybridized carbons (Fsp3) is 0.375. The first-order valence-corrected chi connectivity index (χ1v) is 7.33. The average Bonchev–Trinajstić information content (AvgIpc) is 2.81. The number of fused-ring (bicyclic) bond motifs is 1. The van der Waals surface area contributed by atoms with E-state index in [1.54, 1.807) is 18.1 Å². The summed E-state index contributed by atoms with van der Waals surface area (Å²) in [6.07, 6.45) is 3.61. The summed E-state index contributed by atoms with van der Waals surface area (Å²) < 4.78 is 7.60. The average molecular weight is 300 g/mol. The smallest absolute Gasteiger partial charge is 0.244 e. The normalized spacial score (nSPS) is 17.3. The molecule has 1 atom stereocenters. The fourth-order valence-corrected chi connectivity index (χ4v) is 2.60. The number of para-hydroxylation sites is 1.